The van der Waals surface area contributed by atoms with Gasteiger partial charge in [0.1, 0.15) is 4.90 Å². The van der Waals surface area contributed by atoms with Gasteiger partial charge in [-0.15, -0.1) is 11.6 Å². The standard InChI is InChI=1S/C9H16ClN3O3S/c1-7-9(8(6-10)12-11-7)17(14,15)13(2)4-5-16-3/h4-6H2,1-3H3,(H,11,12). The number of aromatic amines is 1. The van der Waals surface area contributed by atoms with Crippen LogP contribution in [0.5, 0.6) is 0 Å². The van der Waals surface area contributed by atoms with Crippen LogP contribution in [0.2, 0.25) is 0 Å². The smallest absolute Gasteiger partial charge is 0.246 e. The average molecular weight is 282 g/mol. The number of H-pyrrole nitrogens is 1. The van der Waals surface area contributed by atoms with Crippen LogP contribution in [-0.4, -0.2) is 50.2 Å². The van der Waals surface area contributed by atoms with Crippen molar-refractivity contribution >= 4 is 21.6 Å². The molecule has 0 aliphatic rings. The molecule has 98 valence electrons. The van der Waals surface area contributed by atoms with Gasteiger partial charge in [-0.25, -0.2) is 8.42 Å². The molecular weight excluding hydrogens is 266 g/mol. The van der Waals surface area contributed by atoms with Crippen LogP contribution in [0.25, 0.3) is 0 Å². The summed E-state index contributed by atoms with van der Waals surface area (Å²) in [6.07, 6.45) is 0. The summed E-state index contributed by atoms with van der Waals surface area (Å²) in [7, 11) is -0.546. The quantitative estimate of drug-likeness (QED) is 0.780. The first-order chi connectivity index (χ1) is 7.95. The number of likely N-dealkylation sites (N-methyl/N-ethyl adjacent to an activating group) is 1. The maximum absolute atomic E-state index is 12.3. The van der Waals surface area contributed by atoms with Crippen LogP contribution in [-0.2, 0) is 20.6 Å². The van der Waals surface area contributed by atoms with Gasteiger partial charge in [-0.05, 0) is 6.92 Å². The molecule has 0 atom stereocenters. The fourth-order valence-electron chi connectivity index (χ4n) is 1.40. The van der Waals surface area contributed by atoms with Gasteiger partial charge in [0.05, 0.1) is 23.9 Å². The van der Waals surface area contributed by atoms with Gasteiger partial charge in [0, 0.05) is 20.7 Å². The number of hydrogen-bond acceptors (Lipinski definition) is 4. The summed E-state index contributed by atoms with van der Waals surface area (Å²) in [5.41, 5.74) is 0.832. The van der Waals surface area contributed by atoms with Gasteiger partial charge >= 0.3 is 0 Å². The highest BCUT2D eigenvalue weighted by Gasteiger charge is 2.27. The predicted octanol–water partition coefficient (Wildman–Crippen LogP) is 0.724. The highest BCUT2D eigenvalue weighted by molar-refractivity contribution is 7.89. The maximum Gasteiger partial charge on any atom is 0.246 e. The largest absolute Gasteiger partial charge is 0.383 e. The molecule has 1 N–H and O–H groups in total. The molecule has 1 heterocycles. The van der Waals surface area contributed by atoms with Gasteiger partial charge in [0.2, 0.25) is 10.0 Å². The van der Waals surface area contributed by atoms with Crippen molar-refractivity contribution in [3.05, 3.63) is 11.4 Å². The van der Waals surface area contributed by atoms with E-state index in [0.29, 0.717) is 18.0 Å². The monoisotopic (exact) mass is 281 g/mol. The molecule has 0 saturated heterocycles. The molecular formula is C9H16ClN3O3S. The summed E-state index contributed by atoms with van der Waals surface area (Å²) in [5, 5.41) is 6.50. The highest BCUT2D eigenvalue weighted by Crippen LogP contribution is 2.22. The lowest BCUT2D eigenvalue weighted by molar-refractivity contribution is 0.185. The second-order valence-electron chi connectivity index (χ2n) is 3.58. The Balaban J connectivity index is 3.08. The van der Waals surface area contributed by atoms with E-state index in [0.717, 1.165) is 0 Å². The first-order valence-corrected chi connectivity index (χ1v) is 6.97. The maximum atomic E-state index is 12.3. The molecule has 0 amide bonds. The topological polar surface area (TPSA) is 75.3 Å². The van der Waals surface area contributed by atoms with Gasteiger partial charge < -0.3 is 4.74 Å². The van der Waals surface area contributed by atoms with E-state index in [1.807, 2.05) is 0 Å². The van der Waals surface area contributed by atoms with Crippen molar-refractivity contribution in [3.8, 4) is 0 Å². The Morgan fingerprint density at radius 1 is 1.53 bits per heavy atom. The average Bonchev–Trinajstić information content (AvgIpc) is 2.67. The van der Waals surface area contributed by atoms with Crippen molar-refractivity contribution in [1.29, 1.82) is 0 Å². The number of aryl methyl sites for hydroxylation is 1. The van der Waals surface area contributed by atoms with E-state index < -0.39 is 10.0 Å². The molecule has 0 fully saturated rings. The van der Waals surface area contributed by atoms with E-state index in [1.165, 1.54) is 18.5 Å². The first-order valence-electron chi connectivity index (χ1n) is 5.00. The third kappa shape index (κ3) is 2.98. The van der Waals surface area contributed by atoms with Gasteiger partial charge in [-0.3, -0.25) is 5.10 Å². The number of ether oxygens (including phenoxy) is 1. The molecule has 0 aliphatic heterocycles. The molecule has 0 radical (unpaired) electrons. The van der Waals surface area contributed by atoms with Gasteiger partial charge in [0.25, 0.3) is 0 Å². The highest BCUT2D eigenvalue weighted by atomic mass is 35.5. The molecule has 0 aromatic carbocycles. The summed E-state index contributed by atoms with van der Waals surface area (Å²) in [5.74, 6) is 0.0526. The number of aromatic nitrogens is 2. The molecule has 0 aliphatic carbocycles. The number of alkyl halides is 1. The molecule has 1 aromatic rings. The van der Waals surface area contributed by atoms with Crippen molar-refractivity contribution in [2.24, 2.45) is 0 Å². The third-order valence-electron chi connectivity index (χ3n) is 2.37. The molecule has 8 heteroatoms. The van der Waals surface area contributed by atoms with Gasteiger partial charge in [0.15, 0.2) is 0 Å². The number of methoxy groups -OCH3 is 1. The Kier molecular flexibility index (Phi) is 4.93. The molecule has 0 unspecified atom stereocenters. The minimum Gasteiger partial charge on any atom is -0.383 e. The third-order valence-corrected chi connectivity index (χ3v) is 4.68. The Morgan fingerprint density at radius 3 is 2.71 bits per heavy atom. The van der Waals surface area contributed by atoms with Crippen molar-refractivity contribution in [2.45, 2.75) is 17.7 Å². The molecule has 17 heavy (non-hydrogen) atoms. The van der Waals surface area contributed by atoms with Crippen LogP contribution >= 0.6 is 11.6 Å². The molecule has 0 spiro atoms. The van der Waals surface area contributed by atoms with Crippen molar-refractivity contribution in [2.75, 3.05) is 27.3 Å². The minimum atomic E-state index is -3.57. The number of nitrogens with one attached hydrogen (secondary N) is 1. The van der Waals surface area contributed by atoms with E-state index in [2.05, 4.69) is 10.2 Å². The predicted molar refractivity (Wildman–Crippen MR) is 64.6 cm³/mol. The lowest BCUT2D eigenvalue weighted by Crippen LogP contribution is -2.30. The summed E-state index contributed by atoms with van der Waals surface area (Å²) in [6, 6.07) is 0. The van der Waals surface area contributed by atoms with E-state index >= 15 is 0 Å². The molecule has 1 rings (SSSR count). The Bertz CT molecular complexity index is 472. The first kappa shape index (κ1) is 14.4. The van der Waals surface area contributed by atoms with E-state index in [9.17, 15) is 8.42 Å². The van der Waals surface area contributed by atoms with Crippen LogP contribution in [0.1, 0.15) is 11.4 Å². The Morgan fingerprint density at radius 2 is 2.18 bits per heavy atom. The SMILES string of the molecule is COCCN(C)S(=O)(=O)c1c(CCl)n[nH]c1C. The van der Waals surface area contributed by atoms with Crippen LogP contribution in [0.4, 0.5) is 0 Å². The van der Waals surface area contributed by atoms with Crippen molar-refractivity contribution < 1.29 is 13.2 Å². The van der Waals surface area contributed by atoms with Crippen LogP contribution in [0.3, 0.4) is 0 Å². The van der Waals surface area contributed by atoms with Gasteiger partial charge in [-0.2, -0.15) is 9.40 Å². The lowest BCUT2D eigenvalue weighted by atomic mass is 10.4. The fourth-order valence-corrected chi connectivity index (χ4v) is 3.15. The van der Waals surface area contributed by atoms with Crippen molar-refractivity contribution in [3.63, 3.8) is 0 Å². The second-order valence-corrected chi connectivity index (χ2v) is 5.83. The normalized spacial score (nSPS) is 12.3. The number of halogens is 1. The Labute approximate surface area is 106 Å². The minimum absolute atomic E-state index is 0.0526. The summed E-state index contributed by atoms with van der Waals surface area (Å²) >= 11 is 5.67. The van der Waals surface area contributed by atoms with Crippen molar-refractivity contribution in [1.82, 2.24) is 14.5 Å². The van der Waals surface area contributed by atoms with E-state index in [1.54, 1.807) is 6.92 Å². The zero-order valence-corrected chi connectivity index (χ0v) is 11.6. The summed E-state index contributed by atoms with van der Waals surface area (Å²) in [6.45, 7) is 2.27. The number of sulfonamides is 1. The van der Waals surface area contributed by atoms with Crippen LogP contribution in [0.15, 0.2) is 4.90 Å². The Hall–Kier alpha value is -0.630. The number of rotatable bonds is 6. The second kappa shape index (κ2) is 5.81. The lowest BCUT2D eigenvalue weighted by Gasteiger charge is -2.16. The zero-order valence-electron chi connectivity index (χ0n) is 10.0. The molecule has 6 nitrogen and oxygen atoms in total. The number of hydrogen-bond donors (Lipinski definition) is 1. The van der Waals surface area contributed by atoms with Crippen LogP contribution < -0.4 is 0 Å². The van der Waals surface area contributed by atoms with Gasteiger partial charge in [-0.1, -0.05) is 0 Å². The number of nitrogens with zero attached hydrogens (tertiary/aromatic N) is 2. The molecule has 0 saturated carbocycles. The van der Waals surface area contributed by atoms with E-state index in [4.69, 9.17) is 16.3 Å². The fraction of sp³-hybridized carbons (Fsp3) is 0.667. The zero-order chi connectivity index (χ0) is 13.1. The van der Waals surface area contributed by atoms with E-state index in [-0.39, 0.29) is 17.3 Å². The summed E-state index contributed by atoms with van der Waals surface area (Å²) < 4.78 is 30.6. The molecule has 0 bridgehead atoms. The van der Waals surface area contributed by atoms with Crippen LogP contribution in [0, 0.1) is 6.92 Å². The molecule has 1 aromatic heterocycles. The summed E-state index contributed by atoms with van der Waals surface area (Å²) in [4.78, 5) is 0.158.